The maximum absolute atomic E-state index is 13.5. The van der Waals surface area contributed by atoms with Crippen LogP contribution in [0, 0.1) is 5.82 Å². The lowest BCUT2D eigenvalue weighted by molar-refractivity contribution is -0.142. The highest BCUT2D eigenvalue weighted by Crippen LogP contribution is 2.32. The second kappa shape index (κ2) is 7.47. The highest BCUT2D eigenvalue weighted by atomic mass is 19.1. The maximum Gasteiger partial charge on any atom is 0.306 e. The molecule has 0 bridgehead atoms. The summed E-state index contributed by atoms with van der Waals surface area (Å²) in [7, 11) is 0. The van der Waals surface area contributed by atoms with E-state index in [1.807, 2.05) is 0 Å². The zero-order chi connectivity index (χ0) is 18.7. The van der Waals surface area contributed by atoms with E-state index in [2.05, 4.69) is 5.32 Å². The molecule has 5 nitrogen and oxygen atoms in total. The lowest BCUT2D eigenvalue weighted by Crippen LogP contribution is -2.15. The summed E-state index contributed by atoms with van der Waals surface area (Å²) in [5.74, 6) is -1.70. The van der Waals surface area contributed by atoms with Gasteiger partial charge in [0.2, 0.25) is 5.91 Å². The minimum atomic E-state index is -0.562. The van der Waals surface area contributed by atoms with Crippen LogP contribution < -0.4 is 5.32 Å². The molecule has 0 spiro atoms. The summed E-state index contributed by atoms with van der Waals surface area (Å²) in [5.41, 5.74) is 2.27. The standard InChI is InChI=1S/C20H18FNO4/c1-12-15-10-14(6-8-17(15)22-20(12)25)18(23)11-26-19(24)9-7-13-4-2-3-5-16(13)21/h2-6,8,10,12H,7,9,11H2,1H3,(H,22,25)/t12-/m0/s1. The van der Waals surface area contributed by atoms with Gasteiger partial charge in [0.25, 0.3) is 0 Å². The maximum atomic E-state index is 13.5. The van der Waals surface area contributed by atoms with E-state index in [4.69, 9.17) is 4.74 Å². The fourth-order valence-electron chi connectivity index (χ4n) is 2.83. The first-order valence-corrected chi connectivity index (χ1v) is 8.32. The van der Waals surface area contributed by atoms with Crippen LogP contribution in [-0.2, 0) is 20.7 Å². The highest BCUT2D eigenvalue weighted by molar-refractivity contribution is 6.05. The van der Waals surface area contributed by atoms with Crippen LogP contribution in [0.2, 0.25) is 0 Å². The Morgan fingerprint density at radius 3 is 2.73 bits per heavy atom. The molecule has 3 rings (SSSR count). The molecule has 134 valence electrons. The summed E-state index contributed by atoms with van der Waals surface area (Å²) in [6.45, 7) is 1.38. The van der Waals surface area contributed by atoms with Gasteiger partial charge in [-0.2, -0.15) is 0 Å². The number of nitrogens with one attached hydrogen (secondary N) is 1. The number of benzene rings is 2. The second-order valence-electron chi connectivity index (χ2n) is 6.19. The predicted molar refractivity (Wildman–Crippen MR) is 93.5 cm³/mol. The van der Waals surface area contributed by atoms with Crippen LogP contribution in [-0.4, -0.2) is 24.3 Å². The van der Waals surface area contributed by atoms with Crippen LogP contribution in [0.4, 0.5) is 10.1 Å². The molecule has 0 radical (unpaired) electrons. The van der Waals surface area contributed by atoms with Gasteiger partial charge in [0, 0.05) is 17.7 Å². The van der Waals surface area contributed by atoms with Gasteiger partial charge >= 0.3 is 5.97 Å². The van der Waals surface area contributed by atoms with Crippen molar-refractivity contribution in [2.24, 2.45) is 0 Å². The Balaban J connectivity index is 1.54. The molecule has 0 saturated carbocycles. The molecule has 0 aromatic heterocycles. The van der Waals surface area contributed by atoms with Crippen molar-refractivity contribution in [1.82, 2.24) is 0 Å². The first-order chi connectivity index (χ1) is 12.5. The van der Waals surface area contributed by atoms with Crippen molar-refractivity contribution >= 4 is 23.3 Å². The Morgan fingerprint density at radius 1 is 1.19 bits per heavy atom. The third-order valence-electron chi connectivity index (χ3n) is 4.41. The predicted octanol–water partition coefficient (Wildman–Crippen LogP) is 3.24. The molecule has 2 aromatic rings. The second-order valence-corrected chi connectivity index (χ2v) is 6.19. The first kappa shape index (κ1) is 17.8. The van der Waals surface area contributed by atoms with E-state index in [1.54, 1.807) is 43.3 Å². The summed E-state index contributed by atoms with van der Waals surface area (Å²) >= 11 is 0. The number of rotatable bonds is 6. The van der Waals surface area contributed by atoms with Crippen molar-refractivity contribution in [2.75, 3.05) is 11.9 Å². The normalized spacial score (nSPS) is 15.3. The number of carbonyl (C=O) groups is 3. The van der Waals surface area contributed by atoms with Gasteiger partial charge in [-0.15, -0.1) is 0 Å². The van der Waals surface area contributed by atoms with Crippen molar-refractivity contribution < 1.29 is 23.5 Å². The zero-order valence-electron chi connectivity index (χ0n) is 14.3. The van der Waals surface area contributed by atoms with Crippen LogP contribution >= 0.6 is 0 Å². The van der Waals surface area contributed by atoms with Gasteiger partial charge in [0.1, 0.15) is 5.82 Å². The largest absolute Gasteiger partial charge is 0.457 e. The summed E-state index contributed by atoms with van der Waals surface area (Å²) in [6.07, 6.45) is 0.206. The highest BCUT2D eigenvalue weighted by Gasteiger charge is 2.27. The summed E-state index contributed by atoms with van der Waals surface area (Å²) in [6, 6.07) is 11.1. The van der Waals surface area contributed by atoms with Crippen molar-refractivity contribution in [1.29, 1.82) is 0 Å². The van der Waals surface area contributed by atoms with Gasteiger partial charge in [-0.3, -0.25) is 14.4 Å². The fraction of sp³-hybridized carbons (Fsp3) is 0.250. The van der Waals surface area contributed by atoms with Crippen LogP contribution in [0.15, 0.2) is 42.5 Å². The number of carbonyl (C=O) groups excluding carboxylic acids is 3. The summed E-state index contributed by atoms with van der Waals surface area (Å²) in [5, 5.41) is 2.73. The number of esters is 1. The molecule has 6 heteroatoms. The minimum absolute atomic E-state index is 0.00609. The average molecular weight is 355 g/mol. The van der Waals surface area contributed by atoms with Gasteiger partial charge < -0.3 is 10.1 Å². The third-order valence-corrected chi connectivity index (χ3v) is 4.41. The van der Waals surface area contributed by atoms with Gasteiger partial charge in [0.15, 0.2) is 12.4 Å². The number of fused-ring (bicyclic) bond motifs is 1. The topological polar surface area (TPSA) is 72.5 Å². The van der Waals surface area contributed by atoms with E-state index in [0.29, 0.717) is 16.8 Å². The van der Waals surface area contributed by atoms with Crippen LogP contribution in [0.5, 0.6) is 0 Å². The molecule has 2 aromatic carbocycles. The Morgan fingerprint density at radius 2 is 1.96 bits per heavy atom. The Labute approximate surface area is 150 Å². The van der Waals surface area contributed by atoms with Gasteiger partial charge in [0.05, 0.1) is 5.92 Å². The molecule has 0 aliphatic carbocycles. The Bertz CT molecular complexity index is 878. The molecule has 1 aliphatic rings. The van der Waals surface area contributed by atoms with Gasteiger partial charge in [-0.25, -0.2) is 4.39 Å². The lowest BCUT2D eigenvalue weighted by atomic mass is 9.99. The van der Waals surface area contributed by atoms with E-state index in [9.17, 15) is 18.8 Å². The Kier molecular flexibility index (Phi) is 5.11. The SMILES string of the molecule is C[C@@H]1C(=O)Nc2ccc(C(=O)COC(=O)CCc3ccccc3F)cc21. The van der Waals surface area contributed by atoms with Crippen LogP contribution in [0.1, 0.15) is 40.7 Å². The molecule has 0 saturated heterocycles. The summed E-state index contributed by atoms with van der Waals surface area (Å²) < 4.78 is 18.5. The number of anilines is 1. The molecule has 1 heterocycles. The average Bonchev–Trinajstić information content (AvgIpc) is 2.92. The van der Waals surface area contributed by atoms with Crippen molar-refractivity contribution in [2.45, 2.75) is 25.7 Å². The molecule has 1 aliphatic heterocycles. The van der Waals surface area contributed by atoms with E-state index >= 15 is 0 Å². The number of halogens is 1. The molecule has 26 heavy (non-hydrogen) atoms. The van der Waals surface area contributed by atoms with Crippen LogP contribution in [0.3, 0.4) is 0 Å². The van der Waals surface area contributed by atoms with Crippen LogP contribution in [0.25, 0.3) is 0 Å². The molecule has 1 amide bonds. The quantitative estimate of drug-likeness (QED) is 0.638. The van der Waals surface area contributed by atoms with Crippen molar-refractivity contribution in [3.05, 3.63) is 65.0 Å². The number of ether oxygens (including phenoxy) is 1. The molecule has 1 atom stereocenters. The first-order valence-electron chi connectivity index (χ1n) is 8.32. The van der Waals surface area contributed by atoms with E-state index in [1.165, 1.54) is 6.07 Å². The molecule has 0 unspecified atom stereocenters. The lowest BCUT2D eigenvalue weighted by Gasteiger charge is -2.07. The molecular weight excluding hydrogens is 337 g/mol. The molecule has 0 fully saturated rings. The summed E-state index contributed by atoms with van der Waals surface area (Å²) in [4.78, 5) is 35.7. The molecular formula is C20H18FNO4. The molecule has 1 N–H and O–H groups in total. The monoisotopic (exact) mass is 355 g/mol. The third kappa shape index (κ3) is 3.79. The van der Waals surface area contributed by atoms with E-state index in [0.717, 1.165) is 5.56 Å². The van der Waals surface area contributed by atoms with Gasteiger partial charge in [-0.05, 0) is 48.7 Å². The zero-order valence-corrected chi connectivity index (χ0v) is 14.3. The number of hydrogen-bond acceptors (Lipinski definition) is 4. The number of amides is 1. The smallest absolute Gasteiger partial charge is 0.306 e. The minimum Gasteiger partial charge on any atom is -0.457 e. The number of hydrogen-bond donors (Lipinski definition) is 1. The Hall–Kier alpha value is -3.02. The van der Waals surface area contributed by atoms with Crippen molar-refractivity contribution in [3.8, 4) is 0 Å². The van der Waals surface area contributed by atoms with E-state index < -0.39 is 5.97 Å². The van der Waals surface area contributed by atoms with E-state index in [-0.39, 0.29) is 42.9 Å². The van der Waals surface area contributed by atoms with Crippen molar-refractivity contribution in [3.63, 3.8) is 0 Å². The van der Waals surface area contributed by atoms with Gasteiger partial charge in [-0.1, -0.05) is 18.2 Å². The fourth-order valence-corrected chi connectivity index (χ4v) is 2.83. The number of aryl methyl sites for hydroxylation is 1. The number of ketones is 1. The number of Topliss-reactive ketones (excluding diaryl/α,β-unsaturated/α-hetero) is 1.